The van der Waals surface area contributed by atoms with E-state index in [4.69, 9.17) is 9.29 Å². The maximum absolute atomic E-state index is 13.2. The number of carbonyl (C=O) groups is 1. The maximum Gasteiger partial charge on any atom is 0.397 e. The SMILES string of the molecule is CCCCCCCCCCCCCCCCCCCCCCCCCC(=O)NC(CCC1OC(COS(=O)(=O)O)C(O)C(O)C1O)C(O)C(O)CCCCCCCCCCCCCC. The molecule has 1 rings (SSSR count). The lowest BCUT2D eigenvalue weighted by Crippen LogP contribution is -2.59. The summed E-state index contributed by atoms with van der Waals surface area (Å²) in [6, 6.07) is -0.878. The van der Waals surface area contributed by atoms with Crippen molar-refractivity contribution in [2.24, 2.45) is 0 Å². The lowest BCUT2D eigenvalue weighted by atomic mass is 9.90. The highest BCUT2D eigenvalue weighted by Gasteiger charge is 2.44. The van der Waals surface area contributed by atoms with Crippen LogP contribution in [0.25, 0.3) is 0 Å². The van der Waals surface area contributed by atoms with Crippen molar-refractivity contribution < 1.29 is 52.2 Å². The van der Waals surface area contributed by atoms with Gasteiger partial charge in [-0.3, -0.25) is 9.35 Å². The third-order valence-corrected chi connectivity index (χ3v) is 13.9. The van der Waals surface area contributed by atoms with Crippen LogP contribution in [0.5, 0.6) is 0 Å². The van der Waals surface area contributed by atoms with Gasteiger partial charge in [0, 0.05) is 6.42 Å². The average Bonchev–Trinajstić information content (AvgIpc) is 3.27. The molecule has 1 aliphatic heterocycles. The molecule has 7 N–H and O–H groups in total. The van der Waals surface area contributed by atoms with Crippen LogP contribution in [0, 0.1) is 0 Å². The van der Waals surface area contributed by atoms with Crippen LogP contribution in [0.1, 0.15) is 264 Å². The van der Waals surface area contributed by atoms with Gasteiger partial charge in [-0.15, -0.1) is 0 Å². The summed E-state index contributed by atoms with van der Waals surface area (Å²) in [5.41, 5.74) is 0. The van der Waals surface area contributed by atoms with Crippen LogP contribution in [0.2, 0.25) is 0 Å². The number of ether oxygens (including phenoxy) is 1. The molecular formula is C51H101NO11S. The summed E-state index contributed by atoms with van der Waals surface area (Å²) in [6.07, 6.45) is 34.9. The predicted octanol–water partition coefficient (Wildman–Crippen LogP) is 11.1. The zero-order valence-corrected chi connectivity index (χ0v) is 41.9. The number of hydrogen-bond acceptors (Lipinski definition) is 10. The Bertz CT molecular complexity index is 1160. The van der Waals surface area contributed by atoms with Gasteiger partial charge in [-0.2, -0.15) is 8.42 Å². The molecule has 382 valence electrons. The van der Waals surface area contributed by atoms with Gasteiger partial charge in [0.2, 0.25) is 5.91 Å². The van der Waals surface area contributed by atoms with Crippen molar-refractivity contribution >= 4 is 16.3 Å². The smallest absolute Gasteiger partial charge is 0.390 e. The highest BCUT2D eigenvalue weighted by atomic mass is 32.3. The van der Waals surface area contributed by atoms with E-state index in [2.05, 4.69) is 23.3 Å². The van der Waals surface area contributed by atoms with Crippen molar-refractivity contribution in [1.29, 1.82) is 0 Å². The molecule has 1 amide bonds. The first-order chi connectivity index (χ1) is 30.9. The minimum Gasteiger partial charge on any atom is -0.390 e. The summed E-state index contributed by atoms with van der Waals surface area (Å²) in [5.74, 6) is -0.245. The van der Waals surface area contributed by atoms with Gasteiger partial charge < -0.3 is 35.6 Å². The Morgan fingerprint density at radius 2 is 0.859 bits per heavy atom. The zero-order valence-electron chi connectivity index (χ0n) is 41.0. The maximum atomic E-state index is 13.2. The summed E-state index contributed by atoms with van der Waals surface area (Å²) in [5, 5.41) is 56.7. The number of nitrogens with one attached hydrogen (secondary N) is 1. The van der Waals surface area contributed by atoms with Crippen LogP contribution >= 0.6 is 0 Å². The molecule has 0 saturated carbocycles. The van der Waals surface area contributed by atoms with Crippen molar-refractivity contribution in [3.05, 3.63) is 0 Å². The molecular weight excluding hydrogens is 835 g/mol. The summed E-state index contributed by atoms with van der Waals surface area (Å²) in [6.45, 7) is 3.72. The second kappa shape index (κ2) is 41.1. The third-order valence-electron chi connectivity index (χ3n) is 13.5. The summed E-state index contributed by atoms with van der Waals surface area (Å²) in [7, 11) is -4.85. The molecule has 12 nitrogen and oxygen atoms in total. The van der Waals surface area contributed by atoms with Gasteiger partial charge in [0.05, 0.1) is 31.0 Å². The molecule has 0 spiro atoms. The van der Waals surface area contributed by atoms with E-state index in [1.807, 2.05) is 0 Å². The zero-order chi connectivity index (χ0) is 47.1. The topological polar surface area (TPSA) is 203 Å². The van der Waals surface area contributed by atoms with E-state index in [0.717, 1.165) is 44.9 Å². The number of aliphatic hydroxyl groups is 5. The number of hydrogen-bond donors (Lipinski definition) is 7. The van der Waals surface area contributed by atoms with Crippen molar-refractivity contribution in [3.8, 4) is 0 Å². The van der Waals surface area contributed by atoms with Gasteiger partial charge in [-0.25, -0.2) is 4.18 Å². The lowest BCUT2D eigenvalue weighted by molar-refractivity contribution is -0.229. The minimum absolute atomic E-state index is 0.0000915. The number of rotatable bonds is 46. The van der Waals surface area contributed by atoms with E-state index >= 15 is 0 Å². The molecule has 1 heterocycles. The molecule has 0 aromatic rings. The molecule has 0 aromatic carbocycles. The highest BCUT2D eigenvalue weighted by Crippen LogP contribution is 2.27. The van der Waals surface area contributed by atoms with Crippen LogP contribution in [0.4, 0.5) is 0 Å². The van der Waals surface area contributed by atoms with Gasteiger partial charge in [-0.05, 0) is 25.7 Å². The van der Waals surface area contributed by atoms with Crippen molar-refractivity contribution in [1.82, 2.24) is 5.32 Å². The fourth-order valence-corrected chi connectivity index (χ4v) is 9.52. The molecule has 0 aromatic heterocycles. The van der Waals surface area contributed by atoms with Gasteiger partial charge in [-0.1, -0.05) is 232 Å². The summed E-state index contributed by atoms with van der Waals surface area (Å²) in [4.78, 5) is 13.2. The first-order valence-electron chi connectivity index (χ1n) is 26.9. The Kier molecular flexibility index (Phi) is 39.3. The van der Waals surface area contributed by atoms with Crippen LogP contribution < -0.4 is 5.32 Å². The molecule has 1 fully saturated rings. The van der Waals surface area contributed by atoms with E-state index in [1.165, 1.54) is 173 Å². The van der Waals surface area contributed by atoms with Crippen LogP contribution in [0.3, 0.4) is 0 Å². The Morgan fingerprint density at radius 1 is 0.516 bits per heavy atom. The predicted molar refractivity (Wildman–Crippen MR) is 260 cm³/mol. The number of carbonyl (C=O) groups excluding carboxylic acids is 1. The fourth-order valence-electron chi connectivity index (χ4n) is 9.21. The Balaban J connectivity index is 2.39. The molecule has 1 aliphatic rings. The molecule has 8 atom stereocenters. The molecule has 0 aliphatic carbocycles. The quantitative estimate of drug-likeness (QED) is 0.0226. The van der Waals surface area contributed by atoms with E-state index < -0.39 is 65.8 Å². The monoisotopic (exact) mass is 936 g/mol. The van der Waals surface area contributed by atoms with E-state index in [1.54, 1.807) is 0 Å². The molecule has 0 bridgehead atoms. The standard InChI is InChI=1S/C51H101NO11S/c1-3-5-7-9-11-13-15-17-18-19-20-21-22-23-24-25-26-27-29-31-33-35-37-39-47(54)52-43(40-41-45-49(56)51(58)50(57)46(63-45)42-62-64(59,60)61)48(55)44(53)38-36-34-32-30-28-16-14-12-10-8-6-4-2/h43-46,48-51,53,55-58H,3-42H2,1-2H3,(H,52,54)(H,59,60,61). The summed E-state index contributed by atoms with van der Waals surface area (Å²) < 4.78 is 41.3. The van der Waals surface area contributed by atoms with E-state index in [-0.39, 0.29) is 25.2 Å². The molecule has 8 unspecified atom stereocenters. The van der Waals surface area contributed by atoms with E-state index in [0.29, 0.717) is 12.8 Å². The van der Waals surface area contributed by atoms with Crippen molar-refractivity contribution in [2.45, 2.75) is 313 Å². The molecule has 0 radical (unpaired) electrons. The number of unbranched alkanes of at least 4 members (excludes halogenated alkanes) is 33. The van der Waals surface area contributed by atoms with Gasteiger partial charge >= 0.3 is 10.4 Å². The largest absolute Gasteiger partial charge is 0.397 e. The molecule has 1 saturated heterocycles. The Labute approximate surface area is 392 Å². The van der Waals surface area contributed by atoms with Crippen LogP contribution in [0.15, 0.2) is 0 Å². The molecule has 64 heavy (non-hydrogen) atoms. The second-order valence-electron chi connectivity index (χ2n) is 19.4. The average molecular weight is 936 g/mol. The second-order valence-corrected chi connectivity index (χ2v) is 20.5. The third kappa shape index (κ3) is 33.6. The fraction of sp³-hybridized carbons (Fsp3) is 0.980. The van der Waals surface area contributed by atoms with Gasteiger partial charge in [0.15, 0.2) is 0 Å². The highest BCUT2D eigenvalue weighted by molar-refractivity contribution is 7.80. The van der Waals surface area contributed by atoms with Crippen LogP contribution in [-0.4, -0.2) is 99.8 Å². The van der Waals surface area contributed by atoms with Crippen molar-refractivity contribution in [3.63, 3.8) is 0 Å². The lowest BCUT2D eigenvalue weighted by Gasteiger charge is -2.41. The summed E-state index contributed by atoms with van der Waals surface area (Å²) >= 11 is 0. The minimum atomic E-state index is -4.85. The Hall–Kier alpha value is -0.900. The van der Waals surface area contributed by atoms with Gasteiger partial charge in [0.1, 0.15) is 24.4 Å². The Morgan fingerprint density at radius 3 is 1.23 bits per heavy atom. The van der Waals surface area contributed by atoms with E-state index in [9.17, 15) is 38.7 Å². The van der Waals surface area contributed by atoms with Crippen molar-refractivity contribution in [2.75, 3.05) is 6.61 Å². The number of aliphatic hydroxyl groups excluding tert-OH is 5. The van der Waals surface area contributed by atoms with Gasteiger partial charge in [0.25, 0.3) is 0 Å². The first kappa shape index (κ1) is 61.1. The normalized spacial score (nSPS) is 20.7. The number of amides is 1. The van der Waals surface area contributed by atoms with Crippen LogP contribution in [-0.2, 0) is 24.1 Å². The first-order valence-corrected chi connectivity index (χ1v) is 28.2. The molecule has 13 heteroatoms.